The molecule has 0 saturated carbocycles. The number of unbranched alkanes of at least 4 members (excludes halogenated alkanes) is 40. The third-order valence-electron chi connectivity index (χ3n) is 17.9. The third-order valence-corrected chi connectivity index (χ3v) is 30.9. The van der Waals surface area contributed by atoms with Gasteiger partial charge in [0.25, 0.3) is 0 Å². The van der Waals surface area contributed by atoms with E-state index >= 15 is 0 Å². The van der Waals surface area contributed by atoms with E-state index in [0.717, 1.165) is 49.3 Å². The fraction of sp³-hybridized carbons (Fsp3) is 0.971. The molecule has 0 rings (SSSR count). The molecule has 0 aromatic heterocycles. The molecule has 0 heterocycles. The minimum absolute atomic E-state index is 0.0601. The topological polar surface area (TPSA) is 52.6 Å². The summed E-state index contributed by atoms with van der Waals surface area (Å²) in [7, 11) is 0. The summed E-state index contributed by atoms with van der Waals surface area (Å²) in [6, 6.07) is 0. The minimum Gasteiger partial charge on any atom is -0.0654 e. The Balaban J connectivity index is 6.74. The molecule has 0 radical (unpaired) electrons. The Hall–Kier alpha value is -0.200. The molecule has 74 heavy (non-hydrogen) atoms. The monoisotopic (exact) mass is 1080 g/mol. The molecule has 0 atom stereocenters. The number of rotatable bonds is 61. The summed E-state index contributed by atoms with van der Waals surface area (Å²) < 4.78 is 15.0. The second kappa shape index (κ2) is 51.0. The van der Waals surface area contributed by atoms with Crippen molar-refractivity contribution in [1.29, 1.82) is 0 Å². The fourth-order valence-electron chi connectivity index (χ4n) is 12.9. The maximum absolute atomic E-state index is 14.9. The zero-order valence-electron chi connectivity index (χ0n) is 52.5. The van der Waals surface area contributed by atoms with Gasteiger partial charge in [-0.3, -0.25) is 0 Å². The molecule has 0 bridgehead atoms. The Labute approximate surface area is 467 Å². The normalized spacial score (nSPS) is 13.2. The van der Waals surface area contributed by atoms with Crippen molar-refractivity contribution >= 4 is 25.6 Å². The van der Waals surface area contributed by atoms with E-state index in [1.54, 1.807) is 0 Å². The fourth-order valence-corrected chi connectivity index (χ4v) is 25.9. The van der Waals surface area contributed by atoms with E-state index in [1.165, 1.54) is 308 Å². The molecule has 0 spiro atoms. The van der Waals surface area contributed by atoms with Crippen LogP contribution < -0.4 is 0 Å². The molecule has 446 valence electrons. The number of carbonyl (C=O) groups excluding carboxylic acids is 2. The first-order valence-corrected chi connectivity index (χ1v) is 40.4. The van der Waals surface area contributed by atoms with Crippen LogP contribution in [0.25, 0.3) is 0 Å². The van der Waals surface area contributed by atoms with Gasteiger partial charge in [-0.05, 0) is 0 Å². The number of hydrogen-bond donors (Lipinski definition) is 0. The molecule has 0 aliphatic carbocycles. The van der Waals surface area contributed by atoms with Gasteiger partial charge in [0.05, 0.1) is 0 Å². The summed E-state index contributed by atoms with van der Waals surface area (Å²) in [5, 5.41) is 0. The van der Waals surface area contributed by atoms with Crippen LogP contribution >= 0.6 is 13.7 Å². The second-order valence-electron chi connectivity index (χ2n) is 25.1. The summed E-state index contributed by atoms with van der Waals surface area (Å²) in [5.74, 6) is -0.120. The molecule has 0 aliphatic rings. The Kier molecular flexibility index (Phi) is 50.8. The van der Waals surface area contributed by atoms with Crippen LogP contribution in [0.1, 0.15) is 376 Å². The Morgan fingerprint density at radius 1 is 0.203 bits per heavy atom. The van der Waals surface area contributed by atoms with E-state index in [2.05, 4.69) is 55.4 Å². The quantitative estimate of drug-likeness (QED) is 0.0450. The average Bonchev–Trinajstić information content (AvgIpc) is 3.40. The van der Waals surface area contributed by atoms with Crippen molar-refractivity contribution in [3.63, 3.8) is 0 Å². The van der Waals surface area contributed by atoms with Gasteiger partial charge in [-0.25, -0.2) is 0 Å². The Morgan fingerprint density at radius 2 is 0.324 bits per heavy atom. The van der Waals surface area contributed by atoms with E-state index in [0.29, 0.717) is 0 Å². The predicted molar refractivity (Wildman–Crippen MR) is 341 cm³/mol. The van der Waals surface area contributed by atoms with Crippen molar-refractivity contribution in [3.8, 4) is 0 Å². The smallest absolute Gasteiger partial charge is 0.0654 e. The van der Waals surface area contributed by atoms with Gasteiger partial charge < -0.3 is 0 Å². The molecule has 0 saturated heterocycles. The molecule has 0 amide bonds. The standard InChI is InChI=1S/C68H140O4P2/c1-9-17-25-33-35-37-39-41-43-45-47-55-65-73(59-49-27-19-11-3,60-50-28-20-12-4,61-51-29-21-13-5)71-67(69)57-58-68(70)72-74(62-52-30-22-14-6,63-53-31-23-15-7,64-54-32-24-16-8)66-56-48-46-44-42-40-38-36-34-26-18-10-2/h9-66H2,1-8H3. The molecule has 0 aromatic rings. The molecule has 6 heteroatoms. The van der Waals surface area contributed by atoms with E-state index in [-0.39, 0.29) is 24.8 Å². The Morgan fingerprint density at radius 3 is 0.473 bits per heavy atom. The van der Waals surface area contributed by atoms with Gasteiger partial charge in [0.1, 0.15) is 0 Å². The van der Waals surface area contributed by atoms with Crippen molar-refractivity contribution in [2.75, 3.05) is 49.3 Å². The van der Waals surface area contributed by atoms with Crippen molar-refractivity contribution in [1.82, 2.24) is 0 Å². The molecule has 0 fully saturated rings. The molecule has 0 unspecified atom stereocenters. The van der Waals surface area contributed by atoms with Crippen LogP contribution in [0.4, 0.5) is 0 Å². The van der Waals surface area contributed by atoms with Crippen LogP contribution in [0.15, 0.2) is 0 Å². The maximum atomic E-state index is 14.9. The van der Waals surface area contributed by atoms with Crippen molar-refractivity contribution in [2.24, 2.45) is 0 Å². The Bertz CT molecular complexity index is 1060. The summed E-state index contributed by atoms with van der Waals surface area (Å²) in [6.45, 7) is 12.7. The summed E-state index contributed by atoms with van der Waals surface area (Å²) in [5.41, 5.74) is 0. The van der Waals surface area contributed by atoms with Crippen molar-refractivity contribution in [2.45, 2.75) is 376 Å². The predicted octanol–water partition coefficient (Wildman–Crippen LogP) is 24.7. The zero-order valence-corrected chi connectivity index (χ0v) is 54.3. The first-order chi connectivity index (χ1) is 36.1. The van der Waals surface area contributed by atoms with E-state index in [9.17, 15) is 9.59 Å². The SMILES string of the molecule is CCCCCCCCCCCCCCP(CCCCCC)(CCCCCC)(CCCCCC)OC(=O)CCC(=O)OP(CCCCCC)(CCCCCC)(CCCCCC)CCCCCCCCCCCCCC. The van der Waals surface area contributed by atoms with Crippen LogP contribution in [0.2, 0.25) is 0 Å². The second-order valence-corrected chi connectivity index (χ2v) is 36.4. The average molecular weight is 1080 g/mol. The molecule has 0 aliphatic heterocycles. The van der Waals surface area contributed by atoms with Gasteiger partial charge in [-0.2, -0.15) is 0 Å². The van der Waals surface area contributed by atoms with Crippen LogP contribution in [0.5, 0.6) is 0 Å². The van der Waals surface area contributed by atoms with Crippen molar-refractivity contribution in [3.05, 3.63) is 0 Å². The first-order valence-electron chi connectivity index (χ1n) is 34.6. The summed E-state index contributed by atoms with van der Waals surface area (Å²) in [4.78, 5) is 29.9. The third kappa shape index (κ3) is 38.4. The van der Waals surface area contributed by atoms with E-state index < -0.39 is 13.7 Å². The minimum atomic E-state index is -2.92. The summed E-state index contributed by atoms with van der Waals surface area (Å²) >= 11 is 0. The number of carbonyl (C=O) groups is 2. The molecule has 4 nitrogen and oxygen atoms in total. The van der Waals surface area contributed by atoms with Crippen molar-refractivity contribution < 1.29 is 18.6 Å². The number of hydrogen-bond acceptors (Lipinski definition) is 4. The van der Waals surface area contributed by atoms with Gasteiger partial charge in [0.15, 0.2) is 0 Å². The van der Waals surface area contributed by atoms with Gasteiger partial charge in [-0.15, -0.1) is 0 Å². The van der Waals surface area contributed by atoms with Gasteiger partial charge >= 0.3 is 443 Å². The van der Waals surface area contributed by atoms with Crippen LogP contribution in [-0.4, -0.2) is 61.2 Å². The van der Waals surface area contributed by atoms with Gasteiger partial charge in [-0.1, -0.05) is 26.7 Å². The molecule has 0 aromatic carbocycles. The molecular weight excluding hydrogens is 943 g/mol. The van der Waals surface area contributed by atoms with Gasteiger partial charge in [0, 0.05) is 0 Å². The van der Waals surface area contributed by atoms with E-state index in [1.807, 2.05) is 0 Å². The van der Waals surface area contributed by atoms with Crippen LogP contribution in [0, 0.1) is 0 Å². The van der Waals surface area contributed by atoms with Gasteiger partial charge in [0.2, 0.25) is 0 Å². The van der Waals surface area contributed by atoms with Crippen LogP contribution in [-0.2, 0) is 18.6 Å². The zero-order chi connectivity index (χ0) is 54.5. The molecular formula is C68H140O4P2. The van der Waals surface area contributed by atoms with E-state index in [4.69, 9.17) is 9.05 Å². The molecule has 0 N–H and O–H groups in total. The van der Waals surface area contributed by atoms with Crippen LogP contribution in [0.3, 0.4) is 0 Å². The summed E-state index contributed by atoms with van der Waals surface area (Å²) in [6.07, 6.45) is 71.2. The first kappa shape index (κ1) is 73.8.